The first-order valence-electron chi connectivity index (χ1n) is 7.95. The SMILES string of the molecule is COc1ccc(S(=O)(=O)NCCNS(=O)(=O)c2ccc(C)c([N+](=O)[O-])c2)cc1. The van der Waals surface area contributed by atoms with E-state index in [0.717, 1.165) is 6.07 Å². The number of benzene rings is 2. The summed E-state index contributed by atoms with van der Waals surface area (Å²) in [4.78, 5) is 10.0. The number of nitrogens with zero attached hydrogens (tertiary/aromatic N) is 1. The molecule has 2 aromatic carbocycles. The van der Waals surface area contributed by atoms with Crippen LogP contribution >= 0.6 is 0 Å². The Kier molecular flexibility index (Phi) is 6.72. The molecule has 0 atom stereocenters. The first-order valence-corrected chi connectivity index (χ1v) is 10.9. The fraction of sp³-hybridized carbons (Fsp3) is 0.250. The normalized spacial score (nSPS) is 11.9. The first kappa shape index (κ1) is 21.8. The highest BCUT2D eigenvalue weighted by Crippen LogP contribution is 2.22. The van der Waals surface area contributed by atoms with Crippen molar-refractivity contribution in [2.45, 2.75) is 16.7 Å². The van der Waals surface area contributed by atoms with Gasteiger partial charge in [-0.1, -0.05) is 6.07 Å². The van der Waals surface area contributed by atoms with Gasteiger partial charge in [-0.3, -0.25) is 10.1 Å². The van der Waals surface area contributed by atoms with Gasteiger partial charge in [-0.25, -0.2) is 26.3 Å². The van der Waals surface area contributed by atoms with Crippen molar-refractivity contribution in [1.82, 2.24) is 9.44 Å². The van der Waals surface area contributed by atoms with E-state index < -0.39 is 25.0 Å². The van der Waals surface area contributed by atoms with Crippen molar-refractivity contribution in [3.8, 4) is 5.75 Å². The van der Waals surface area contributed by atoms with E-state index in [9.17, 15) is 26.9 Å². The van der Waals surface area contributed by atoms with E-state index in [-0.39, 0.29) is 28.6 Å². The third kappa shape index (κ3) is 5.25. The molecule has 152 valence electrons. The molecule has 0 unspecified atom stereocenters. The fourth-order valence-corrected chi connectivity index (χ4v) is 4.33. The summed E-state index contributed by atoms with van der Waals surface area (Å²) in [5.41, 5.74) is 0.0132. The minimum Gasteiger partial charge on any atom is -0.497 e. The topological polar surface area (TPSA) is 145 Å². The molecule has 0 bridgehead atoms. The van der Waals surface area contributed by atoms with Gasteiger partial charge in [0, 0.05) is 24.7 Å². The number of ether oxygens (including phenoxy) is 1. The van der Waals surface area contributed by atoms with E-state index in [2.05, 4.69) is 9.44 Å². The Morgan fingerprint density at radius 2 is 1.43 bits per heavy atom. The standard InChI is InChI=1S/C16H19N3O7S2/c1-12-3-6-15(11-16(12)19(20)21)28(24,25)18-10-9-17-27(22,23)14-7-4-13(26-2)5-8-14/h3-8,11,17-18H,9-10H2,1-2H3. The molecule has 2 aromatic rings. The van der Waals surface area contributed by atoms with Crippen molar-refractivity contribution < 1.29 is 26.5 Å². The minimum absolute atomic E-state index is 0.00492. The van der Waals surface area contributed by atoms with Crippen LogP contribution in [-0.4, -0.2) is 42.0 Å². The maximum absolute atomic E-state index is 12.3. The van der Waals surface area contributed by atoms with Crippen molar-refractivity contribution in [3.63, 3.8) is 0 Å². The summed E-state index contributed by atoms with van der Waals surface area (Å²) in [5, 5.41) is 11.0. The van der Waals surface area contributed by atoms with Crippen LogP contribution in [0.1, 0.15) is 5.56 Å². The van der Waals surface area contributed by atoms with Crippen LogP contribution in [0.4, 0.5) is 5.69 Å². The molecular weight excluding hydrogens is 410 g/mol. The maximum Gasteiger partial charge on any atom is 0.273 e. The Hall–Kier alpha value is -2.54. The van der Waals surface area contributed by atoms with Crippen LogP contribution < -0.4 is 14.2 Å². The molecule has 12 heteroatoms. The highest BCUT2D eigenvalue weighted by molar-refractivity contribution is 7.89. The third-order valence-electron chi connectivity index (χ3n) is 3.77. The van der Waals surface area contributed by atoms with Gasteiger partial charge in [-0.05, 0) is 37.3 Å². The van der Waals surface area contributed by atoms with Gasteiger partial charge in [0.2, 0.25) is 20.0 Å². The Morgan fingerprint density at radius 1 is 0.929 bits per heavy atom. The molecular formula is C16H19N3O7S2. The summed E-state index contributed by atoms with van der Waals surface area (Å²) in [6.07, 6.45) is 0. The molecule has 0 heterocycles. The molecule has 0 aliphatic rings. The number of nitro benzene ring substituents is 1. The monoisotopic (exact) mass is 429 g/mol. The van der Waals surface area contributed by atoms with Gasteiger partial charge in [0.25, 0.3) is 5.69 Å². The van der Waals surface area contributed by atoms with Crippen molar-refractivity contribution >= 4 is 25.7 Å². The van der Waals surface area contributed by atoms with Crippen molar-refractivity contribution in [2.75, 3.05) is 20.2 Å². The van der Waals surface area contributed by atoms with Crippen LogP contribution in [0.2, 0.25) is 0 Å². The van der Waals surface area contributed by atoms with E-state index in [1.807, 2.05) is 0 Å². The Morgan fingerprint density at radius 3 is 1.93 bits per heavy atom. The average molecular weight is 429 g/mol. The van der Waals surface area contributed by atoms with E-state index >= 15 is 0 Å². The van der Waals surface area contributed by atoms with Gasteiger partial charge < -0.3 is 4.74 Å². The molecule has 10 nitrogen and oxygen atoms in total. The Bertz CT molecular complexity index is 1070. The average Bonchev–Trinajstić information content (AvgIpc) is 2.65. The fourth-order valence-electron chi connectivity index (χ4n) is 2.25. The second kappa shape index (κ2) is 8.65. The third-order valence-corrected chi connectivity index (χ3v) is 6.70. The lowest BCUT2D eigenvalue weighted by Crippen LogP contribution is -2.34. The van der Waals surface area contributed by atoms with Crippen LogP contribution in [0.15, 0.2) is 52.3 Å². The van der Waals surface area contributed by atoms with E-state index in [0.29, 0.717) is 11.3 Å². The number of aryl methyl sites for hydroxylation is 1. The molecule has 0 radical (unpaired) electrons. The van der Waals surface area contributed by atoms with E-state index in [4.69, 9.17) is 4.74 Å². The summed E-state index contributed by atoms with van der Waals surface area (Å²) in [5.74, 6) is 0.499. The van der Waals surface area contributed by atoms with Gasteiger partial charge in [0.05, 0.1) is 21.8 Å². The molecule has 2 rings (SSSR count). The first-order chi connectivity index (χ1) is 13.1. The van der Waals surface area contributed by atoms with Gasteiger partial charge in [-0.15, -0.1) is 0 Å². The molecule has 0 aliphatic heterocycles. The summed E-state index contributed by atoms with van der Waals surface area (Å²) in [6, 6.07) is 9.22. The van der Waals surface area contributed by atoms with E-state index in [1.165, 1.54) is 50.4 Å². The summed E-state index contributed by atoms with van der Waals surface area (Å²) in [6.45, 7) is 1.05. The van der Waals surface area contributed by atoms with Crippen molar-refractivity contribution in [3.05, 3.63) is 58.1 Å². The zero-order chi connectivity index (χ0) is 20.9. The van der Waals surface area contributed by atoms with Gasteiger partial charge in [-0.2, -0.15) is 0 Å². The molecule has 0 spiro atoms. The number of sulfonamides is 2. The summed E-state index contributed by atoms with van der Waals surface area (Å²) in [7, 11) is -6.40. The van der Waals surface area contributed by atoms with Crippen molar-refractivity contribution in [1.29, 1.82) is 0 Å². The van der Waals surface area contributed by atoms with Crippen LogP contribution in [0.5, 0.6) is 5.75 Å². The number of methoxy groups -OCH3 is 1. The van der Waals surface area contributed by atoms with Crippen molar-refractivity contribution in [2.24, 2.45) is 0 Å². The lowest BCUT2D eigenvalue weighted by molar-refractivity contribution is -0.385. The van der Waals surface area contributed by atoms with Crippen LogP contribution in [-0.2, 0) is 20.0 Å². The number of hydrogen-bond acceptors (Lipinski definition) is 7. The number of nitro groups is 1. The predicted molar refractivity (Wildman–Crippen MR) is 101 cm³/mol. The molecule has 2 N–H and O–H groups in total. The lowest BCUT2D eigenvalue weighted by atomic mass is 10.2. The lowest BCUT2D eigenvalue weighted by Gasteiger charge is -2.09. The summed E-state index contributed by atoms with van der Waals surface area (Å²) >= 11 is 0. The molecule has 0 amide bonds. The number of hydrogen-bond donors (Lipinski definition) is 2. The molecule has 0 aromatic heterocycles. The molecule has 0 aliphatic carbocycles. The molecule has 0 saturated heterocycles. The molecule has 0 fully saturated rings. The Balaban J connectivity index is 2.00. The second-order valence-electron chi connectivity index (χ2n) is 5.68. The van der Waals surface area contributed by atoms with Crippen LogP contribution in [0.25, 0.3) is 0 Å². The molecule has 28 heavy (non-hydrogen) atoms. The van der Waals surface area contributed by atoms with Crippen LogP contribution in [0.3, 0.4) is 0 Å². The number of nitrogens with one attached hydrogen (secondary N) is 2. The highest BCUT2D eigenvalue weighted by Gasteiger charge is 2.20. The number of rotatable bonds is 9. The zero-order valence-electron chi connectivity index (χ0n) is 15.1. The van der Waals surface area contributed by atoms with Gasteiger partial charge in [0.15, 0.2) is 0 Å². The smallest absolute Gasteiger partial charge is 0.273 e. The Labute approximate surface area is 162 Å². The predicted octanol–water partition coefficient (Wildman–Crippen LogP) is 1.17. The minimum atomic E-state index is -4.03. The van der Waals surface area contributed by atoms with Gasteiger partial charge >= 0.3 is 0 Å². The highest BCUT2D eigenvalue weighted by atomic mass is 32.2. The molecule has 0 saturated carbocycles. The maximum atomic E-state index is 12.3. The van der Waals surface area contributed by atoms with Gasteiger partial charge in [0.1, 0.15) is 5.75 Å². The summed E-state index contributed by atoms with van der Waals surface area (Å²) < 4.78 is 58.3. The van der Waals surface area contributed by atoms with Crippen LogP contribution in [0, 0.1) is 17.0 Å². The van der Waals surface area contributed by atoms with E-state index in [1.54, 1.807) is 0 Å². The largest absolute Gasteiger partial charge is 0.497 e. The second-order valence-corrected chi connectivity index (χ2v) is 9.21. The quantitative estimate of drug-likeness (QED) is 0.346. The zero-order valence-corrected chi connectivity index (χ0v) is 16.7.